The van der Waals surface area contributed by atoms with Crippen LogP contribution in [0.2, 0.25) is 0 Å². The monoisotopic (exact) mass is 391 g/mol. The molecule has 1 amide bonds. The van der Waals surface area contributed by atoms with Crippen molar-refractivity contribution in [3.63, 3.8) is 0 Å². The molecule has 1 unspecified atom stereocenters. The molecule has 1 fully saturated rings. The van der Waals surface area contributed by atoms with E-state index in [1.165, 1.54) is 0 Å². The number of carbonyl (C=O) groups is 1. The average Bonchev–Trinajstić information content (AvgIpc) is 3.30. The van der Waals surface area contributed by atoms with Gasteiger partial charge >= 0.3 is 0 Å². The number of anilines is 2. The van der Waals surface area contributed by atoms with Crippen LogP contribution in [0.4, 0.5) is 11.5 Å². The summed E-state index contributed by atoms with van der Waals surface area (Å²) in [6.45, 7) is 4.01. The van der Waals surface area contributed by atoms with E-state index in [2.05, 4.69) is 20.5 Å². The standard InChI is InChI=1S/C22H25N5O2/c1-2-29-18-9-7-17(8-10-18)25-21-19(6-3-12-23-21)22(28)27-14-4-5-16(15-27)20-11-13-24-26-20/h3,6-13,16H,2,4-5,14-15H2,1H3,(H,23,25)(H,24,26). The molecule has 3 aromatic rings. The van der Waals surface area contributed by atoms with Gasteiger partial charge in [-0.15, -0.1) is 0 Å². The van der Waals surface area contributed by atoms with Gasteiger partial charge in [0.1, 0.15) is 11.6 Å². The molecule has 150 valence electrons. The topological polar surface area (TPSA) is 83.1 Å². The molecule has 29 heavy (non-hydrogen) atoms. The third-order valence-corrected chi connectivity index (χ3v) is 5.14. The third-order valence-electron chi connectivity index (χ3n) is 5.14. The van der Waals surface area contributed by atoms with E-state index in [0.29, 0.717) is 24.5 Å². The number of ether oxygens (including phenoxy) is 1. The lowest BCUT2D eigenvalue weighted by molar-refractivity contribution is 0.0706. The highest BCUT2D eigenvalue weighted by Crippen LogP contribution is 2.28. The quantitative estimate of drug-likeness (QED) is 0.664. The van der Waals surface area contributed by atoms with Crippen molar-refractivity contribution in [2.75, 3.05) is 25.0 Å². The van der Waals surface area contributed by atoms with Crippen molar-refractivity contribution in [1.82, 2.24) is 20.1 Å². The van der Waals surface area contributed by atoms with Crippen LogP contribution in [0, 0.1) is 0 Å². The number of piperidine rings is 1. The summed E-state index contributed by atoms with van der Waals surface area (Å²) >= 11 is 0. The smallest absolute Gasteiger partial charge is 0.257 e. The van der Waals surface area contributed by atoms with Crippen LogP contribution in [0.5, 0.6) is 5.75 Å². The number of pyridine rings is 1. The molecule has 1 saturated heterocycles. The second-order valence-corrected chi connectivity index (χ2v) is 7.08. The minimum Gasteiger partial charge on any atom is -0.494 e. The second kappa shape index (κ2) is 8.77. The summed E-state index contributed by atoms with van der Waals surface area (Å²) < 4.78 is 5.48. The minimum absolute atomic E-state index is 0.00393. The number of nitrogens with one attached hydrogen (secondary N) is 2. The fraction of sp³-hybridized carbons (Fsp3) is 0.318. The van der Waals surface area contributed by atoms with Crippen molar-refractivity contribution >= 4 is 17.4 Å². The molecule has 0 saturated carbocycles. The van der Waals surface area contributed by atoms with Gasteiger partial charge in [0.15, 0.2) is 0 Å². The van der Waals surface area contributed by atoms with Gasteiger partial charge < -0.3 is 15.0 Å². The van der Waals surface area contributed by atoms with Crippen LogP contribution in [0.15, 0.2) is 54.9 Å². The number of hydrogen-bond donors (Lipinski definition) is 2. The predicted molar refractivity (Wildman–Crippen MR) is 112 cm³/mol. The number of rotatable bonds is 6. The second-order valence-electron chi connectivity index (χ2n) is 7.08. The third kappa shape index (κ3) is 4.39. The molecule has 2 N–H and O–H groups in total. The first kappa shape index (κ1) is 19.0. The number of H-pyrrole nitrogens is 1. The van der Waals surface area contributed by atoms with E-state index >= 15 is 0 Å². The molecule has 2 aromatic heterocycles. The van der Waals surface area contributed by atoms with E-state index < -0.39 is 0 Å². The SMILES string of the molecule is CCOc1ccc(Nc2ncccc2C(=O)N2CCCC(c3ccn[nH]3)C2)cc1. The van der Waals surface area contributed by atoms with E-state index in [1.54, 1.807) is 18.5 Å². The molecule has 0 spiro atoms. The van der Waals surface area contributed by atoms with Gasteiger partial charge in [0.05, 0.1) is 12.2 Å². The summed E-state index contributed by atoms with van der Waals surface area (Å²) in [5, 5.41) is 10.4. The zero-order valence-electron chi connectivity index (χ0n) is 16.5. The Bertz CT molecular complexity index is 940. The average molecular weight is 391 g/mol. The number of carbonyl (C=O) groups excluding carboxylic acids is 1. The van der Waals surface area contributed by atoms with Gasteiger partial charge in [0.2, 0.25) is 0 Å². The minimum atomic E-state index is -0.00393. The fourth-order valence-corrected chi connectivity index (χ4v) is 3.70. The Hall–Kier alpha value is -3.35. The molecule has 1 aromatic carbocycles. The van der Waals surface area contributed by atoms with Crippen LogP contribution >= 0.6 is 0 Å². The maximum atomic E-state index is 13.3. The number of aromatic amines is 1. The lowest BCUT2D eigenvalue weighted by Crippen LogP contribution is -2.39. The van der Waals surface area contributed by atoms with Gasteiger partial charge in [-0.25, -0.2) is 4.98 Å². The lowest BCUT2D eigenvalue weighted by Gasteiger charge is -2.32. The molecule has 1 atom stereocenters. The Morgan fingerprint density at radius 3 is 2.86 bits per heavy atom. The van der Waals surface area contributed by atoms with Crippen LogP contribution in [-0.2, 0) is 0 Å². The fourth-order valence-electron chi connectivity index (χ4n) is 3.70. The summed E-state index contributed by atoms with van der Waals surface area (Å²) in [4.78, 5) is 19.6. The molecular weight excluding hydrogens is 366 g/mol. The largest absolute Gasteiger partial charge is 0.494 e. The van der Waals surface area contributed by atoms with Gasteiger partial charge in [-0.05, 0) is 62.2 Å². The number of nitrogens with zero attached hydrogens (tertiary/aromatic N) is 3. The van der Waals surface area contributed by atoms with Crippen molar-refractivity contribution in [1.29, 1.82) is 0 Å². The molecule has 1 aliphatic heterocycles. The van der Waals surface area contributed by atoms with Gasteiger partial charge in [-0.1, -0.05) is 0 Å². The Kier molecular flexibility index (Phi) is 5.74. The zero-order valence-corrected chi connectivity index (χ0v) is 16.5. The van der Waals surface area contributed by atoms with Crippen LogP contribution < -0.4 is 10.1 Å². The normalized spacial score (nSPS) is 16.4. The van der Waals surface area contributed by atoms with Crippen molar-refractivity contribution in [2.45, 2.75) is 25.7 Å². The summed E-state index contributed by atoms with van der Waals surface area (Å²) in [7, 11) is 0. The van der Waals surface area contributed by atoms with Gasteiger partial charge in [0, 0.05) is 42.8 Å². The van der Waals surface area contributed by atoms with Gasteiger partial charge in [-0.3, -0.25) is 9.89 Å². The lowest BCUT2D eigenvalue weighted by atomic mass is 9.94. The first-order valence-corrected chi connectivity index (χ1v) is 9.98. The Morgan fingerprint density at radius 1 is 1.24 bits per heavy atom. The molecule has 7 heteroatoms. The highest BCUT2D eigenvalue weighted by molar-refractivity contribution is 5.99. The Balaban J connectivity index is 1.50. The van der Waals surface area contributed by atoms with Crippen LogP contribution in [-0.4, -0.2) is 45.7 Å². The molecule has 4 rings (SSSR count). The zero-order chi connectivity index (χ0) is 20.1. The molecule has 0 aliphatic carbocycles. The summed E-state index contributed by atoms with van der Waals surface area (Å²) in [6, 6.07) is 13.2. The summed E-state index contributed by atoms with van der Waals surface area (Å²) in [5.74, 6) is 1.66. The molecule has 0 bridgehead atoms. The number of likely N-dealkylation sites (tertiary alicyclic amines) is 1. The van der Waals surface area contributed by atoms with Crippen molar-refractivity contribution in [2.24, 2.45) is 0 Å². The van der Waals surface area contributed by atoms with Gasteiger partial charge in [-0.2, -0.15) is 5.10 Å². The Morgan fingerprint density at radius 2 is 2.10 bits per heavy atom. The van der Waals surface area contributed by atoms with E-state index in [0.717, 1.165) is 36.5 Å². The van der Waals surface area contributed by atoms with Gasteiger partial charge in [0.25, 0.3) is 5.91 Å². The van der Waals surface area contributed by atoms with Crippen LogP contribution in [0.3, 0.4) is 0 Å². The van der Waals surface area contributed by atoms with Crippen LogP contribution in [0.1, 0.15) is 41.7 Å². The molecule has 3 heterocycles. The maximum Gasteiger partial charge on any atom is 0.257 e. The number of amides is 1. The summed E-state index contributed by atoms with van der Waals surface area (Å²) in [5.41, 5.74) is 2.52. The molecular formula is C22H25N5O2. The van der Waals surface area contributed by atoms with Crippen molar-refractivity contribution < 1.29 is 9.53 Å². The molecule has 0 radical (unpaired) electrons. The number of aromatic nitrogens is 3. The number of benzene rings is 1. The maximum absolute atomic E-state index is 13.3. The van der Waals surface area contributed by atoms with E-state index in [4.69, 9.17) is 4.74 Å². The first-order chi connectivity index (χ1) is 14.2. The van der Waals surface area contributed by atoms with E-state index in [9.17, 15) is 4.79 Å². The van der Waals surface area contributed by atoms with Crippen molar-refractivity contribution in [3.05, 3.63) is 66.1 Å². The molecule has 7 nitrogen and oxygen atoms in total. The summed E-state index contributed by atoms with van der Waals surface area (Å²) in [6.07, 6.45) is 5.47. The highest BCUT2D eigenvalue weighted by atomic mass is 16.5. The highest BCUT2D eigenvalue weighted by Gasteiger charge is 2.27. The van der Waals surface area contributed by atoms with Crippen LogP contribution in [0.25, 0.3) is 0 Å². The Labute approximate surface area is 170 Å². The molecule has 1 aliphatic rings. The number of hydrogen-bond acceptors (Lipinski definition) is 5. The van der Waals surface area contributed by atoms with Crippen molar-refractivity contribution in [3.8, 4) is 5.75 Å². The van der Waals surface area contributed by atoms with E-state index in [1.807, 2.05) is 48.2 Å². The predicted octanol–water partition coefficient (Wildman–Crippen LogP) is 3.97. The first-order valence-electron chi connectivity index (χ1n) is 9.98. The van der Waals surface area contributed by atoms with E-state index in [-0.39, 0.29) is 11.8 Å².